The Balaban J connectivity index is 3.45. The van der Waals surface area contributed by atoms with Gasteiger partial charge in [0, 0.05) is 11.6 Å². The molecular formula is C7H15NO. The molecule has 0 aliphatic heterocycles. The molecule has 0 radical (unpaired) electrons. The summed E-state index contributed by atoms with van der Waals surface area (Å²) in [6, 6.07) is 0. The average molecular weight is 129 g/mol. The van der Waals surface area contributed by atoms with Crippen LogP contribution in [0.3, 0.4) is 0 Å². The number of rotatable bonds is 2. The van der Waals surface area contributed by atoms with Crippen LogP contribution in [-0.4, -0.2) is 12.8 Å². The summed E-state index contributed by atoms with van der Waals surface area (Å²) in [6.45, 7) is 8.80. The quantitative estimate of drug-likeness (QED) is 0.413. The fraction of sp³-hybridized carbons (Fsp3) is 0.857. The van der Waals surface area contributed by atoms with E-state index < -0.39 is 0 Å². The predicted molar refractivity (Wildman–Crippen MR) is 39.6 cm³/mol. The van der Waals surface area contributed by atoms with Crippen molar-refractivity contribution in [2.75, 3.05) is 6.61 Å². The molecule has 0 unspecified atom stereocenters. The Morgan fingerprint density at radius 3 is 2.33 bits per heavy atom. The summed E-state index contributed by atoms with van der Waals surface area (Å²) in [4.78, 5) is 4.78. The molecule has 0 aliphatic rings. The summed E-state index contributed by atoms with van der Waals surface area (Å²) in [5, 5.41) is 3.74. The van der Waals surface area contributed by atoms with Crippen LogP contribution in [0.2, 0.25) is 0 Å². The maximum absolute atomic E-state index is 4.78. The van der Waals surface area contributed by atoms with Crippen molar-refractivity contribution in [1.82, 2.24) is 0 Å². The number of hydrogen-bond donors (Lipinski definition) is 0. The van der Waals surface area contributed by atoms with Gasteiger partial charge in [0.05, 0.1) is 0 Å². The second-order valence-corrected chi connectivity index (χ2v) is 3.02. The SMILES string of the molecule is CCON=CC(C)(C)C. The highest BCUT2D eigenvalue weighted by atomic mass is 16.6. The Bertz CT molecular complexity index is 91.6. The lowest BCUT2D eigenvalue weighted by Crippen LogP contribution is -2.06. The first-order chi connectivity index (χ1) is 4.06. The van der Waals surface area contributed by atoms with E-state index in [0.717, 1.165) is 0 Å². The predicted octanol–water partition coefficient (Wildman–Crippen LogP) is 2.05. The van der Waals surface area contributed by atoms with Gasteiger partial charge in [0.25, 0.3) is 0 Å². The molecule has 0 aromatic carbocycles. The van der Waals surface area contributed by atoms with Gasteiger partial charge in [-0.3, -0.25) is 0 Å². The summed E-state index contributed by atoms with van der Waals surface area (Å²) < 4.78 is 0. The molecule has 2 nitrogen and oxygen atoms in total. The second kappa shape index (κ2) is 3.49. The van der Waals surface area contributed by atoms with Gasteiger partial charge in [0.1, 0.15) is 6.61 Å². The minimum absolute atomic E-state index is 0.134. The standard InChI is InChI=1S/C7H15NO/c1-5-9-8-6-7(2,3)4/h6H,5H2,1-4H3. The molecule has 0 fully saturated rings. The molecule has 9 heavy (non-hydrogen) atoms. The zero-order valence-corrected chi connectivity index (χ0v) is 6.64. The molecule has 0 bridgehead atoms. The Morgan fingerprint density at radius 1 is 1.44 bits per heavy atom. The van der Waals surface area contributed by atoms with Crippen LogP contribution < -0.4 is 0 Å². The van der Waals surface area contributed by atoms with Crippen LogP contribution in [0.5, 0.6) is 0 Å². The third kappa shape index (κ3) is 7.47. The van der Waals surface area contributed by atoms with E-state index in [2.05, 4.69) is 25.9 Å². The Morgan fingerprint density at radius 2 is 2.00 bits per heavy atom. The topological polar surface area (TPSA) is 21.6 Å². The van der Waals surface area contributed by atoms with Gasteiger partial charge in [-0.2, -0.15) is 0 Å². The number of nitrogens with zero attached hydrogens (tertiary/aromatic N) is 1. The van der Waals surface area contributed by atoms with E-state index in [0.29, 0.717) is 6.61 Å². The summed E-state index contributed by atoms with van der Waals surface area (Å²) in [5.41, 5.74) is 0.134. The minimum Gasteiger partial charge on any atom is -0.396 e. The second-order valence-electron chi connectivity index (χ2n) is 3.02. The summed E-state index contributed by atoms with van der Waals surface area (Å²) in [5.74, 6) is 0. The lowest BCUT2D eigenvalue weighted by molar-refractivity contribution is 0.158. The highest BCUT2D eigenvalue weighted by Gasteiger charge is 2.04. The van der Waals surface area contributed by atoms with Crippen molar-refractivity contribution in [2.24, 2.45) is 10.6 Å². The zero-order valence-electron chi connectivity index (χ0n) is 6.64. The molecule has 0 heterocycles. The van der Waals surface area contributed by atoms with Gasteiger partial charge in [-0.25, -0.2) is 0 Å². The van der Waals surface area contributed by atoms with E-state index in [4.69, 9.17) is 4.84 Å². The van der Waals surface area contributed by atoms with Crippen LogP contribution in [-0.2, 0) is 4.84 Å². The molecule has 0 spiro atoms. The lowest BCUT2D eigenvalue weighted by Gasteiger charge is -2.08. The van der Waals surface area contributed by atoms with Crippen LogP contribution in [0, 0.1) is 5.41 Å². The van der Waals surface area contributed by atoms with E-state index in [1.807, 2.05) is 6.92 Å². The van der Waals surface area contributed by atoms with Gasteiger partial charge in [-0.1, -0.05) is 25.9 Å². The normalized spacial score (nSPS) is 12.4. The van der Waals surface area contributed by atoms with Gasteiger partial charge in [-0.15, -0.1) is 0 Å². The molecule has 0 saturated heterocycles. The molecule has 0 aromatic rings. The first-order valence-corrected chi connectivity index (χ1v) is 3.23. The van der Waals surface area contributed by atoms with Gasteiger partial charge < -0.3 is 4.84 Å². The Hall–Kier alpha value is -0.530. The van der Waals surface area contributed by atoms with Crippen LogP contribution in [0.15, 0.2) is 5.16 Å². The Labute approximate surface area is 56.9 Å². The van der Waals surface area contributed by atoms with Gasteiger partial charge in [0.15, 0.2) is 0 Å². The summed E-state index contributed by atoms with van der Waals surface area (Å²) in [6.07, 6.45) is 1.80. The lowest BCUT2D eigenvalue weighted by atomic mass is 10.00. The van der Waals surface area contributed by atoms with E-state index in [1.165, 1.54) is 0 Å². The number of oxime groups is 1. The van der Waals surface area contributed by atoms with Crippen molar-refractivity contribution in [3.8, 4) is 0 Å². The van der Waals surface area contributed by atoms with Crippen LogP contribution >= 0.6 is 0 Å². The first kappa shape index (κ1) is 8.47. The molecule has 0 aromatic heterocycles. The van der Waals surface area contributed by atoms with Crippen molar-refractivity contribution in [2.45, 2.75) is 27.7 Å². The monoisotopic (exact) mass is 129 g/mol. The molecule has 0 rings (SSSR count). The van der Waals surface area contributed by atoms with E-state index in [9.17, 15) is 0 Å². The minimum atomic E-state index is 0.134. The van der Waals surface area contributed by atoms with E-state index in [1.54, 1.807) is 6.21 Å². The smallest absolute Gasteiger partial charge is 0.114 e. The molecule has 0 amide bonds. The maximum atomic E-state index is 4.78. The molecular weight excluding hydrogens is 114 g/mol. The fourth-order valence-electron chi connectivity index (χ4n) is 0.270. The molecule has 0 aliphatic carbocycles. The molecule has 2 heteroatoms. The average Bonchev–Trinajstić information content (AvgIpc) is 1.63. The summed E-state index contributed by atoms with van der Waals surface area (Å²) >= 11 is 0. The highest BCUT2D eigenvalue weighted by Crippen LogP contribution is 2.07. The number of hydrogen-bond acceptors (Lipinski definition) is 2. The largest absolute Gasteiger partial charge is 0.396 e. The van der Waals surface area contributed by atoms with Crippen LogP contribution in [0.25, 0.3) is 0 Å². The zero-order chi connectivity index (χ0) is 7.33. The van der Waals surface area contributed by atoms with Gasteiger partial charge in [-0.05, 0) is 6.92 Å². The van der Waals surface area contributed by atoms with Crippen LogP contribution in [0.4, 0.5) is 0 Å². The third-order valence-electron chi connectivity index (χ3n) is 0.644. The van der Waals surface area contributed by atoms with E-state index >= 15 is 0 Å². The maximum Gasteiger partial charge on any atom is 0.114 e. The van der Waals surface area contributed by atoms with Gasteiger partial charge >= 0.3 is 0 Å². The van der Waals surface area contributed by atoms with Crippen molar-refractivity contribution < 1.29 is 4.84 Å². The van der Waals surface area contributed by atoms with Crippen molar-refractivity contribution >= 4 is 6.21 Å². The summed E-state index contributed by atoms with van der Waals surface area (Å²) in [7, 11) is 0. The molecule has 0 N–H and O–H groups in total. The fourth-order valence-corrected chi connectivity index (χ4v) is 0.270. The molecule has 0 saturated carbocycles. The Kier molecular flexibility index (Phi) is 3.28. The van der Waals surface area contributed by atoms with Crippen molar-refractivity contribution in [3.63, 3.8) is 0 Å². The van der Waals surface area contributed by atoms with E-state index in [-0.39, 0.29) is 5.41 Å². The molecule has 54 valence electrons. The van der Waals surface area contributed by atoms with Crippen molar-refractivity contribution in [1.29, 1.82) is 0 Å². The third-order valence-corrected chi connectivity index (χ3v) is 0.644. The van der Waals surface area contributed by atoms with Gasteiger partial charge in [0.2, 0.25) is 0 Å². The first-order valence-electron chi connectivity index (χ1n) is 3.23. The molecule has 0 atom stereocenters. The highest BCUT2D eigenvalue weighted by molar-refractivity contribution is 5.63. The van der Waals surface area contributed by atoms with Crippen LogP contribution in [0.1, 0.15) is 27.7 Å². The van der Waals surface area contributed by atoms with Crippen molar-refractivity contribution in [3.05, 3.63) is 0 Å².